The lowest BCUT2D eigenvalue weighted by Gasteiger charge is -2.11. The quantitative estimate of drug-likeness (QED) is 0.885. The minimum absolute atomic E-state index is 0.0681. The van der Waals surface area contributed by atoms with Crippen molar-refractivity contribution in [3.05, 3.63) is 41.7 Å². The minimum atomic E-state index is -3.76. The van der Waals surface area contributed by atoms with Gasteiger partial charge < -0.3 is 5.32 Å². The summed E-state index contributed by atoms with van der Waals surface area (Å²) < 4.78 is 27.0. The van der Waals surface area contributed by atoms with Crippen molar-refractivity contribution in [2.24, 2.45) is 0 Å². The van der Waals surface area contributed by atoms with Crippen LogP contribution in [-0.2, 0) is 10.0 Å². The molecule has 0 unspecified atom stereocenters. The molecular weight excluding hydrogens is 300 g/mol. The Balaban J connectivity index is 2.33. The fourth-order valence-electron chi connectivity index (χ4n) is 1.54. The second-order valence-corrected chi connectivity index (χ2v) is 5.93. The van der Waals surface area contributed by atoms with E-state index < -0.39 is 10.0 Å². The van der Waals surface area contributed by atoms with Gasteiger partial charge in [-0.1, -0.05) is 11.6 Å². The molecule has 0 saturated heterocycles. The molecule has 0 saturated carbocycles. The average molecular weight is 313 g/mol. The van der Waals surface area contributed by atoms with Crippen LogP contribution in [0, 0.1) is 0 Å². The number of sulfonamides is 1. The summed E-state index contributed by atoms with van der Waals surface area (Å²) in [6.07, 6.45) is 2.89. The first kappa shape index (κ1) is 14.5. The highest BCUT2D eigenvalue weighted by Gasteiger charge is 2.19. The van der Waals surface area contributed by atoms with E-state index in [0.29, 0.717) is 17.4 Å². The van der Waals surface area contributed by atoms with E-state index >= 15 is 0 Å². The monoisotopic (exact) mass is 312 g/mol. The van der Waals surface area contributed by atoms with Crippen LogP contribution < -0.4 is 10.0 Å². The van der Waals surface area contributed by atoms with Gasteiger partial charge in [0.1, 0.15) is 16.5 Å². The zero-order valence-electron chi connectivity index (χ0n) is 10.7. The van der Waals surface area contributed by atoms with Crippen LogP contribution in [0.1, 0.15) is 6.92 Å². The molecule has 2 rings (SSSR count). The van der Waals surface area contributed by atoms with Gasteiger partial charge >= 0.3 is 0 Å². The van der Waals surface area contributed by atoms with Crippen LogP contribution in [0.25, 0.3) is 0 Å². The van der Waals surface area contributed by atoms with Gasteiger partial charge in [0.25, 0.3) is 10.0 Å². The lowest BCUT2D eigenvalue weighted by atomic mass is 10.4. The molecule has 0 bridgehead atoms. The zero-order valence-corrected chi connectivity index (χ0v) is 12.2. The van der Waals surface area contributed by atoms with E-state index in [1.165, 1.54) is 24.5 Å². The fraction of sp³-hybridized carbons (Fsp3) is 0.167. The van der Waals surface area contributed by atoms with E-state index in [0.717, 1.165) is 0 Å². The van der Waals surface area contributed by atoms with Gasteiger partial charge in [-0.2, -0.15) is 0 Å². The third kappa shape index (κ3) is 3.37. The molecule has 0 atom stereocenters. The van der Waals surface area contributed by atoms with Crippen molar-refractivity contribution in [3.8, 4) is 0 Å². The summed E-state index contributed by atoms with van der Waals surface area (Å²) in [5.74, 6) is 0.497. The summed E-state index contributed by atoms with van der Waals surface area (Å²) in [7, 11) is -3.76. The highest BCUT2D eigenvalue weighted by atomic mass is 35.5. The molecule has 20 heavy (non-hydrogen) atoms. The number of rotatable bonds is 5. The molecule has 2 N–H and O–H groups in total. The molecule has 0 aromatic carbocycles. The molecule has 8 heteroatoms. The maximum atomic E-state index is 12.3. The Hall–Kier alpha value is -1.86. The Labute approximate surface area is 122 Å². The normalized spacial score (nSPS) is 11.1. The number of hydrogen-bond donors (Lipinski definition) is 2. The van der Waals surface area contributed by atoms with Crippen molar-refractivity contribution in [2.75, 3.05) is 16.6 Å². The number of anilines is 2. The summed E-state index contributed by atoms with van der Waals surface area (Å²) in [6.45, 7) is 2.43. The van der Waals surface area contributed by atoms with Crippen LogP contribution in [0.2, 0.25) is 5.02 Å². The highest BCUT2D eigenvalue weighted by Crippen LogP contribution is 2.21. The van der Waals surface area contributed by atoms with Crippen LogP contribution in [0.4, 0.5) is 11.6 Å². The molecule has 0 aliphatic carbocycles. The summed E-state index contributed by atoms with van der Waals surface area (Å²) >= 11 is 5.71. The van der Waals surface area contributed by atoms with Crippen LogP contribution in [-0.4, -0.2) is 24.9 Å². The van der Waals surface area contributed by atoms with E-state index in [2.05, 4.69) is 20.0 Å². The van der Waals surface area contributed by atoms with Gasteiger partial charge in [0, 0.05) is 18.9 Å². The largest absolute Gasteiger partial charge is 0.369 e. The molecule has 2 heterocycles. The predicted molar refractivity (Wildman–Crippen MR) is 78.5 cm³/mol. The Morgan fingerprint density at radius 1 is 1.25 bits per heavy atom. The summed E-state index contributed by atoms with van der Waals surface area (Å²) in [5, 5.41) is 3.34. The second kappa shape index (κ2) is 6.06. The van der Waals surface area contributed by atoms with Gasteiger partial charge in [-0.05, 0) is 31.2 Å². The van der Waals surface area contributed by atoms with Gasteiger partial charge in [0.15, 0.2) is 0 Å². The molecule has 0 aliphatic heterocycles. The van der Waals surface area contributed by atoms with Gasteiger partial charge in [-0.3, -0.25) is 4.72 Å². The minimum Gasteiger partial charge on any atom is -0.369 e. The van der Waals surface area contributed by atoms with Crippen molar-refractivity contribution < 1.29 is 8.42 Å². The van der Waals surface area contributed by atoms with Crippen LogP contribution >= 0.6 is 11.6 Å². The lowest BCUT2D eigenvalue weighted by Crippen LogP contribution is -2.16. The third-order valence-corrected chi connectivity index (χ3v) is 3.98. The summed E-state index contributed by atoms with van der Waals surface area (Å²) in [4.78, 5) is 7.99. The molecule has 0 radical (unpaired) electrons. The average Bonchev–Trinajstić information content (AvgIpc) is 2.42. The zero-order chi connectivity index (χ0) is 14.6. The first-order chi connectivity index (χ1) is 9.53. The first-order valence-corrected chi connectivity index (χ1v) is 7.72. The lowest BCUT2D eigenvalue weighted by molar-refractivity contribution is 0.601. The van der Waals surface area contributed by atoms with Crippen molar-refractivity contribution in [1.82, 2.24) is 9.97 Å². The van der Waals surface area contributed by atoms with Crippen LogP contribution in [0.3, 0.4) is 0 Å². The molecule has 0 aliphatic rings. The Morgan fingerprint density at radius 3 is 2.70 bits per heavy atom. The van der Waals surface area contributed by atoms with Gasteiger partial charge in [-0.15, -0.1) is 0 Å². The summed E-state index contributed by atoms with van der Waals surface area (Å²) in [6, 6.07) is 6.08. The third-order valence-electron chi connectivity index (χ3n) is 2.37. The molecular formula is C12H13ClN4O2S. The predicted octanol–water partition coefficient (Wildman–Crippen LogP) is 2.36. The number of nitrogens with zero attached hydrogens (tertiary/aromatic N) is 2. The topological polar surface area (TPSA) is 84.0 Å². The standard InChI is InChI=1S/C12H13ClN4O2S/c1-2-14-12-10(4-3-7-15-12)20(18,19)17-11-6-5-9(13)8-16-11/h3-8H,2H2,1H3,(H,14,15)(H,16,17). The first-order valence-electron chi connectivity index (χ1n) is 5.86. The van der Waals surface area contributed by atoms with E-state index in [1.54, 1.807) is 12.1 Å². The van der Waals surface area contributed by atoms with Gasteiger partial charge in [-0.25, -0.2) is 18.4 Å². The SMILES string of the molecule is CCNc1ncccc1S(=O)(=O)Nc1ccc(Cl)cn1. The van der Waals surface area contributed by atoms with Crippen molar-refractivity contribution >= 4 is 33.3 Å². The summed E-state index contributed by atoms with van der Waals surface area (Å²) in [5.41, 5.74) is 0. The highest BCUT2D eigenvalue weighted by molar-refractivity contribution is 7.92. The van der Waals surface area contributed by atoms with Crippen LogP contribution in [0.5, 0.6) is 0 Å². The Bertz CT molecular complexity index is 689. The maximum Gasteiger partial charge on any atom is 0.266 e. The molecule has 6 nitrogen and oxygen atoms in total. The molecule has 2 aromatic rings. The number of hydrogen-bond acceptors (Lipinski definition) is 5. The van der Waals surface area contributed by atoms with Gasteiger partial charge in [0.05, 0.1) is 5.02 Å². The van der Waals surface area contributed by atoms with E-state index in [4.69, 9.17) is 11.6 Å². The number of nitrogens with one attached hydrogen (secondary N) is 2. The smallest absolute Gasteiger partial charge is 0.266 e. The molecule has 0 amide bonds. The molecule has 0 fully saturated rings. The van der Waals surface area contributed by atoms with Gasteiger partial charge in [0.2, 0.25) is 0 Å². The number of halogens is 1. The molecule has 0 spiro atoms. The van der Waals surface area contributed by atoms with Crippen molar-refractivity contribution in [2.45, 2.75) is 11.8 Å². The Kier molecular flexibility index (Phi) is 4.41. The second-order valence-electron chi connectivity index (χ2n) is 3.85. The fourth-order valence-corrected chi connectivity index (χ4v) is 2.79. The number of pyridine rings is 2. The molecule has 106 valence electrons. The van der Waals surface area contributed by atoms with Crippen LogP contribution in [0.15, 0.2) is 41.6 Å². The Morgan fingerprint density at radius 2 is 2.05 bits per heavy atom. The van der Waals surface area contributed by atoms with E-state index in [1.807, 2.05) is 6.92 Å². The molecule has 2 aromatic heterocycles. The van der Waals surface area contributed by atoms with E-state index in [-0.39, 0.29) is 10.7 Å². The van der Waals surface area contributed by atoms with E-state index in [9.17, 15) is 8.42 Å². The van der Waals surface area contributed by atoms with Crippen molar-refractivity contribution in [3.63, 3.8) is 0 Å². The van der Waals surface area contributed by atoms with Crippen molar-refractivity contribution in [1.29, 1.82) is 0 Å². The maximum absolute atomic E-state index is 12.3. The number of aromatic nitrogens is 2.